The zero-order valence-electron chi connectivity index (χ0n) is 11.5. The van der Waals surface area contributed by atoms with Crippen molar-refractivity contribution in [2.24, 2.45) is 0 Å². The zero-order chi connectivity index (χ0) is 13.7. The topological polar surface area (TPSA) is 68.0 Å². The van der Waals surface area contributed by atoms with E-state index in [4.69, 9.17) is 4.42 Å². The van der Waals surface area contributed by atoms with E-state index in [1.54, 1.807) is 0 Å². The van der Waals surface area contributed by atoms with Gasteiger partial charge in [0.2, 0.25) is 11.8 Å². The second kappa shape index (κ2) is 6.93. The van der Waals surface area contributed by atoms with Crippen LogP contribution < -0.4 is 5.32 Å². The van der Waals surface area contributed by atoms with Gasteiger partial charge in [-0.15, -0.1) is 10.2 Å². The monoisotopic (exact) mass is 283 g/mol. The molecule has 1 heterocycles. The molecule has 1 aliphatic carbocycles. The number of nitrogens with zero attached hydrogens (tertiary/aromatic N) is 2. The first-order valence-corrected chi connectivity index (χ1v) is 7.89. The Labute approximate surface area is 117 Å². The Morgan fingerprint density at radius 1 is 1.37 bits per heavy atom. The van der Waals surface area contributed by atoms with Crippen LogP contribution in [0.4, 0.5) is 0 Å². The zero-order valence-corrected chi connectivity index (χ0v) is 12.3. The van der Waals surface area contributed by atoms with Gasteiger partial charge in [-0.25, -0.2) is 0 Å². The fourth-order valence-electron chi connectivity index (χ4n) is 2.28. The van der Waals surface area contributed by atoms with Crippen molar-refractivity contribution in [2.75, 3.05) is 5.75 Å². The Morgan fingerprint density at radius 2 is 2.11 bits per heavy atom. The van der Waals surface area contributed by atoms with Gasteiger partial charge in [0.15, 0.2) is 0 Å². The summed E-state index contributed by atoms with van der Waals surface area (Å²) < 4.78 is 5.64. The van der Waals surface area contributed by atoms with Crippen molar-refractivity contribution < 1.29 is 9.21 Å². The molecule has 19 heavy (non-hydrogen) atoms. The highest BCUT2D eigenvalue weighted by atomic mass is 32.2. The Morgan fingerprint density at radius 3 is 2.79 bits per heavy atom. The number of carbonyl (C=O) groups is 1. The smallest absolute Gasteiger partial charge is 0.277 e. The van der Waals surface area contributed by atoms with Crippen LogP contribution in [0.15, 0.2) is 9.64 Å². The number of hydrogen-bond acceptors (Lipinski definition) is 5. The molecule has 1 aliphatic rings. The first-order valence-electron chi connectivity index (χ1n) is 6.90. The predicted octanol–water partition coefficient (Wildman–Crippen LogP) is 2.73. The maximum absolute atomic E-state index is 11.5. The molecule has 1 N–H and O–H groups in total. The summed E-state index contributed by atoms with van der Waals surface area (Å²) in [5, 5.41) is 11.5. The standard InChI is InChI=1S/C13H21N3O2S/c1-9(2)14-11(17)8-19-13-16-15-12(18-13)10-6-4-3-5-7-10/h9-10H,3-8H2,1-2H3,(H,14,17). The van der Waals surface area contributed by atoms with Crippen molar-refractivity contribution in [3.63, 3.8) is 0 Å². The van der Waals surface area contributed by atoms with Crippen molar-refractivity contribution in [1.29, 1.82) is 0 Å². The molecule has 0 unspecified atom stereocenters. The van der Waals surface area contributed by atoms with Gasteiger partial charge in [0.25, 0.3) is 5.22 Å². The SMILES string of the molecule is CC(C)NC(=O)CSc1nnc(C2CCCCC2)o1. The molecule has 0 bridgehead atoms. The molecular formula is C13H21N3O2S. The number of carbonyl (C=O) groups excluding carboxylic acids is 1. The van der Waals surface area contributed by atoms with Gasteiger partial charge in [0.1, 0.15) is 0 Å². The maximum Gasteiger partial charge on any atom is 0.277 e. The van der Waals surface area contributed by atoms with Gasteiger partial charge in [-0.2, -0.15) is 0 Å². The highest BCUT2D eigenvalue weighted by Crippen LogP contribution is 2.32. The Kier molecular flexibility index (Phi) is 5.24. The van der Waals surface area contributed by atoms with Crippen LogP contribution in [-0.2, 0) is 4.79 Å². The molecule has 0 aliphatic heterocycles. The first kappa shape index (κ1) is 14.4. The third-order valence-corrected chi connectivity index (χ3v) is 3.97. The molecule has 0 atom stereocenters. The Balaban J connectivity index is 1.81. The van der Waals surface area contributed by atoms with E-state index >= 15 is 0 Å². The maximum atomic E-state index is 11.5. The molecule has 5 nitrogen and oxygen atoms in total. The lowest BCUT2D eigenvalue weighted by Gasteiger charge is -2.17. The Bertz CT molecular complexity index is 414. The predicted molar refractivity (Wildman–Crippen MR) is 74.1 cm³/mol. The van der Waals surface area contributed by atoms with Crippen LogP contribution in [0, 0.1) is 0 Å². The van der Waals surface area contributed by atoms with Gasteiger partial charge in [-0.3, -0.25) is 4.79 Å². The van der Waals surface area contributed by atoms with Crippen molar-refractivity contribution in [2.45, 2.75) is 63.1 Å². The van der Waals surface area contributed by atoms with Gasteiger partial charge in [0, 0.05) is 12.0 Å². The largest absolute Gasteiger partial charge is 0.416 e. The van der Waals surface area contributed by atoms with Crippen LogP contribution in [0.5, 0.6) is 0 Å². The van der Waals surface area contributed by atoms with Crippen LogP contribution in [0.1, 0.15) is 57.8 Å². The molecule has 0 saturated heterocycles. The summed E-state index contributed by atoms with van der Waals surface area (Å²) in [5.74, 6) is 1.48. The minimum atomic E-state index is -0.00239. The van der Waals surface area contributed by atoms with Crippen LogP contribution in [0.2, 0.25) is 0 Å². The van der Waals surface area contributed by atoms with E-state index < -0.39 is 0 Å². The van der Waals surface area contributed by atoms with E-state index in [0.29, 0.717) is 16.9 Å². The van der Waals surface area contributed by atoms with E-state index in [2.05, 4.69) is 15.5 Å². The van der Waals surface area contributed by atoms with Crippen LogP contribution >= 0.6 is 11.8 Å². The number of hydrogen-bond donors (Lipinski definition) is 1. The molecule has 1 amide bonds. The highest BCUT2D eigenvalue weighted by Gasteiger charge is 2.21. The molecule has 1 fully saturated rings. The van der Waals surface area contributed by atoms with Gasteiger partial charge >= 0.3 is 0 Å². The van der Waals surface area contributed by atoms with E-state index in [1.807, 2.05) is 13.8 Å². The lowest BCUT2D eigenvalue weighted by atomic mass is 9.89. The summed E-state index contributed by atoms with van der Waals surface area (Å²) >= 11 is 1.30. The fourth-order valence-corrected chi connectivity index (χ4v) is 2.86. The summed E-state index contributed by atoms with van der Waals surface area (Å²) in [5.41, 5.74) is 0. The van der Waals surface area contributed by atoms with Crippen molar-refractivity contribution >= 4 is 17.7 Å². The summed E-state index contributed by atoms with van der Waals surface area (Å²) in [6, 6.07) is 0.161. The molecule has 0 radical (unpaired) electrons. The van der Waals surface area contributed by atoms with Crippen molar-refractivity contribution in [1.82, 2.24) is 15.5 Å². The van der Waals surface area contributed by atoms with Crippen LogP contribution in [0.25, 0.3) is 0 Å². The lowest BCUT2D eigenvalue weighted by molar-refractivity contribution is -0.119. The second-order valence-electron chi connectivity index (χ2n) is 5.25. The quantitative estimate of drug-likeness (QED) is 0.842. The van der Waals surface area contributed by atoms with Crippen molar-refractivity contribution in [3.05, 3.63) is 5.89 Å². The van der Waals surface area contributed by atoms with Crippen LogP contribution in [-0.4, -0.2) is 27.9 Å². The van der Waals surface area contributed by atoms with E-state index in [0.717, 1.165) is 18.7 Å². The van der Waals surface area contributed by atoms with Gasteiger partial charge < -0.3 is 9.73 Å². The summed E-state index contributed by atoms with van der Waals surface area (Å²) in [6.45, 7) is 3.88. The molecule has 106 valence electrons. The average Bonchev–Trinajstić information content (AvgIpc) is 2.85. The fraction of sp³-hybridized carbons (Fsp3) is 0.769. The third kappa shape index (κ3) is 4.53. The molecule has 0 aromatic carbocycles. The Hall–Kier alpha value is -1.04. The number of nitrogens with one attached hydrogen (secondary N) is 1. The molecule has 1 aromatic heterocycles. The minimum absolute atomic E-state index is 0.00239. The van der Waals surface area contributed by atoms with Crippen molar-refractivity contribution in [3.8, 4) is 0 Å². The lowest BCUT2D eigenvalue weighted by Crippen LogP contribution is -2.31. The summed E-state index contributed by atoms with van der Waals surface area (Å²) in [4.78, 5) is 11.5. The van der Waals surface area contributed by atoms with E-state index in [9.17, 15) is 4.79 Å². The summed E-state index contributed by atoms with van der Waals surface area (Å²) in [7, 11) is 0. The molecule has 1 saturated carbocycles. The molecule has 0 spiro atoms. The van der Waals surface area contributed by atoms with Gasteiger partial charge in [-0.1, -0.05) is 31.0 Å². The first-order chi connectivity index (χ1) is 9.15. The van der Waals surface area contributed by atoms with Crippen LogP contribution in [0.3, 0.4) is 0 Å². The third-order valence-electron chi connectivity index (χ3n) is 3.15. The second-order valence-corrected chi connectivity index (χ2v) is 6.18. The normalized spacial score (nSPS) is 16.8. The summed E-state index contributed by atoms with van der Waals surface area (Å²) in [6.07, 6.45) is 6.07. The van der Waals surface area contributed by atoms with E-state index in [-0.39, 0.29) is 11.9 Å². The molecule has 1 aromatic rings. The minimum Gasteiger partial charge on any atom is -0.416 e. The number of amides is 1. The number of thioether (sulfide) groups is 1. The van der Waals surface area contributed by atoms with E-state index in [1.165, 1.54) is 31.0 Å². The molecule has 2 rings (SSSR count). The number of aromatic nitrogens is 2. The van der Waals surface area contributed by atoms with Gasteiger partial charge in [0.05, 0.1) is 5.75 Å². The number of rotatable bonds is 5. The highest BCUT2D eigenvalue weighted by molar-refractivity contribution is 7.99. The average molecular weight is 283 g/mol. The van der Waals surface area contributed by atoms with Gasteiger partial charge in [-0.05, 0) is 26.7 Å². The molecule has 6 heteroatoms. The molecular weight excluding hydrogens is 262 g/mol.